The summed E-state index contributed by atoms with van der Waals surface area (Å²) in [6.45, 7) is 1.73. The molecule has 0 spiro atoms. The Morgan fingerprint density at radius 3 is 2.80 bits per heavy atom. The SMILES string of the molecule is CCCC[C@H](O)C/C=C/[C@H]1C=CC(=O)[C@@H]1C/C=C\CCCC(=O)CO. The molecule has 1 aliphatic rings. The molecule has 1 aliphatic carbocycles. The fourth-order valence-corrected chi connectivity index (χ4v) is 2.93. The van der Waals surface area contributed by atoms with Crippen molar-refractivity contribution in [2.24, 2.45) is 11.8 Å². The molecule has 0 saturated carbocycles. The van der Waals surface area contributed by atoms with Crippen LogP contribution >= 0.6 is 0 Å². The molecule has 0 aromatic rings. The fraction of sp³-hybridized carbons (Fsp3) is 0.619. The second-order valence-corrected chi connectivity index (χ2v) is 6.70. The van der Waals surface area contributed by atoms with Crippen molar-refractivity contribution >= 4 is 11.6 Å². The molecule has 1 rings (SSSR count). The maximum absolute atomic E-state index is 12.0. The van der Waals surface area contributed by atoms with Gasteiger partial charge in [0.05, 0.1) is 6.10 Å². The average molecular weight is 348 g/mol. The molecule has 0 amide bonds. The van der Waals surface area contributed by atoms with Crippen LogP contribution in [0.4, 0.5) is 0 Å². The highest BCUT2D eigenvalue weighted by Gasteiger charge is 2.26. The number of hydrogen-bond acceptors (Lipinski definition) is 4. The minimum atomic E-state index is -0.382. The van der Waals surface area contributed by atoms with E-state index in [1.165, 1.54) is 0 Å². The van der Waals surface area contributed by atoms with E-state index < -0.39 is 0 Å². The van der Waals surface area contributed by atoms with Crippen molar-refractivity contribution in [1.82, 2.24) is 0 Å². The zero-order chi connectivity index (χ0) is 18.5. The summed E-state index contributed by atoms with van der Waals surface area (Å²) in [5.41, 5.74) is 0. The van der Waals surface area contributed by atoms with Crippen LogP contribution in [0, 0.1) is 11.8 Å². The van der Waals surface area contributed by atoms with Crippen LogP contribution in [-0.2, 0) is 9.59 Å². The van der Waals surface area contributed by atoms with Crippen LogP contribution in [0.15, 0.2) is 36.5 Å². The Bertz CT molecular complexity index is 490. The second-order valence-electron chi connectivity index (χ2n) is 6.70. The minimum Gasteiger partial charge on any atom is -0.393 e. The molecule has 4 heteroatoms. The predicted molar refractivity (Wildman–Crippen MR) is 100 cm³/mol. The molecular formula is C21H32O4. The molecule has 0 radical (unpaired) electrons. The van der Waals surface area contributed by atoms with Crippen molar-refractivity contribution in [3.8, 4) is 0 Å². The van der Waals surface area contributed by atoms with E-state index in [1.807, 2.05) is 30.4 Å². The lowest BCUT2D eigenvalue weighted by Crippen LogP contribution is -2.13. The lowest BCUT2D eigenvalue weighted by Gasteiger charge is -2.13. The lowest BCUT2D eigenvalue weighted by atomic mass is 9.90. The maximum atomic E-state index is 12.0. The van der Waals surface area contributed by atoms with E-state index >= 15 is 0 Å². The third-order valence-electron chi connectivity index (χ3n) is 4.53. The summed E-state index contributed by atoms with van der Waals surface area (Å²) in [6, 6.07) is 0. The molecule has 4 nitrogen and oxygen atoms in total. The van der Waals surface area contributed by atoms with Gasteiger partial charge in [-0.3, -0.25) is 9.59 Å². The van der Waals surface area contributed by atoms with E-state index in [-0.39, 0.29) is 36.1 Å². The summed E-state index contributed by atoms with van der Waals surface area (Å²) < 4.78 is 0. The van der Waals surface area contributed by atoms with Gasteiger partial charge in [0, 0.05) is 18.3 Å². The third kappa shape index (κ3) is 8.94. The summed E-state index contributed by atoms with van der Waals surface area (Å²) in [6.07, 6.45) is 17.5. The first-order valence-electron chi connectivity index (χ1n) is 9.42. The molecule has 140 valence electrons. The summed E-state index contributed by atoms with van der Waals surface area (Å²) in [5, 5.41) is 18.5. The highest BCUT2D eigenvalue weighted by Crippen LogP contribution is 2.27. The van der Waals surface area contributed by atoms with Crippen LogP contribution in [0.2, 0.25) is 0 Å². The van der Waals surface area contributed by atoms with Crippen LogP contribution in [0.25, 0.3) is 0 Å². The number of unbranched alkanes of at least 4 members (excludes halogenated alkanes) is 2. The molecule has 0 bridgehead atoms. The molecule has 0 aliphatic heterocycles. The predicted octanol–water partition coefficient (Wildman–Crippen LogP) is 3.53. The Balaban J connectivity index is 2.34. The molecule has 0 saturated heterocycles. The van der Waals surface area contributed by atoms with Gasteiger partial charge in [-0.2, -0.15) is 0 Å². The third-order valence-corrected chi connectivity index (χ3v) is 4.53. The van der Waals surface area contributed by atoms with Crippen molar-refractivity contribution in [2.45, 2.75) is 64.4 Å². The first-order chi connectivity index (χ1) is 12.1. The molecule has 0 unspecified atom stereocenters. The summed E-state index contributed by atoms with van der Waals surface area (Å²) in [4.78, 5) is 23.0. The van der Waals surface area contributed by atoms with Gasteiger partial charge in [0.25, 0.3) is 0 Å². The quantitative estimate of drug-likeness (QED) is 0.394. The van der Waals surface area contributed by atoms with E-state index in [9.17, 15) is 14.7 Å². The number of aliphatic hydroxyl groups is 2. The van der Waals surface area contributed by atoms with Crippen molar-refractivity contribution in [2.75, 3.05) is 6.61 Å². The van der Waals surface area contributed by atoms with Crippen molar-refractivity contribution in [3.05, 3.63) is 36.5 Å². The number of hydrogen-bond donors (Lipinski definition) is 2. The van der Waals surface area contributed by atoms with E-state index in [4.69, 9.17) is 5.11 Å². The van der Waals surface area contributed by atoms with Gasteiger partial charge in [0.2, 0.25) is 0 Å². The fourth-order valence-electron chi connectivity index (χ4n) is 2.93. The Morgan fingerprint density at radius 2 is 2.08 bits per heavy atom. The molecule has 3 atom stereocenters. The van der Waals surface area contributed by atoms with Gasteiger partial charge < -0.3 is 10.2 Å². The zero-order valence-corrected chi connectivity index (χ0v) is 15.3. The number of carbonyl (C=O) groups is 2. The second kappa shape index (κ2) is 12.8. The smallest absolute Gasteiger partial charge is 0.159 e. The first-order valence-corrected chi connectivity index (χ1v) is 9.42. The molecular weight excluding hydrogens is 316 g/mol. The summed E-state index contributed by atoms with van der Waals surface area (Å²) in [5.74, 6) is 0.0713. The van der Waals surface area contributed by atoms with Gasteiger partial charge >= 0.3 is 0 Å². The van der Waals surface area contributed by atoms with E-state index in [0.717, 1.165) is 32.1 Å². The molecule has 2 N–H and O–H groups in total. The molecule has 0 aromatic heterocycles. The van der Waals surface area contributed by atoms with Crippen LogP contribution < -0.4 is 0 Å². The van der Waals surface area contributed by atoms with Gasteiger partial charge in [0.15, 0.2) is 11.6 Å². The number of rotatable bonds is 13. The van der Waals surface area contributed by atoms with Crippen LogP contribution in [0.1, 0.15) is 58.3 Å². The number of Topliss-reactive ketones (excluding diaryl/α,β-unsaturated/α-hetero) is 1. The van der Waals surface area contributed by atoms with Crippen molar-refractivity contribution < 1.29 is 19.8 Å². The van der Waals surface area contributed by atoms with Crippen molar-refractivity contribution in [1.29, 1.82) is 0 Å². The van der Waals surface area contributed by atoms with Gasteiger partial charge in [-0.15, -0.1) is 0 Å². The zero-order valence-electron chi connectivity index (χ0n) is 15.3. The Kier molecular flexibility index (Phi) is 11.0. The number of carbonyl (C=O) groups excluding carboxylic acids is 2. The van der Waals surface area contributed by atoms with E-state index in [2.05, 4.69) is 6.92 Å². The van der Waals surface area contributed by atoms with Crippen LogP contribution in [-0.4, -0.2) is 34.5 Å². The minimum absolute atomic E-state index is 0.0561. The van der Waals surface area contributed by atoms with E-state index in [0.29, 0.717) is 19.3 Å². The largest absolute Gasteiger partial charge is 0.393 e. The summed E-state index contributed by atoms with van der Waals surface area (Å²) >= 11 is 0. The van der Waals surface area contributed by atoms with Crippen molar-refractivity contribution in [3.63, 3.8) is 0 Å². The molecule has 0 aromatic carbocycles. The maximum Gasteiger partial charge on any atom is 0.159 e. The Morgan fingerprint density at radius 1 is 1.28 bits per heavy atom. The van der Waals surface area contributed by atoms with E-state index in [1.54, 1.807) is 6.08 Å². The monoisotopic (exact) mass is 348 g/mol. The highest BCUT2D eigenvalue weighted by atomic mass is 16.3. The topological polar surface area (TPSA) is 74.6 Å². The summed E-state index contributed by atoms with van der Waals surface area (Å²) in [7, 11) is 0. The van der Waals surface area contributed by atoms with Gasteiger partial charge in [-0.1, -0.05) is 50.1 Å². The standard InChI is InChI=1S/C21H32O4/c1-2-3-10-18(23)12-8-9-17-14-15-21(25)20(17)13-7-5-4-6-11-19(24)16-22/h5,7-9,14-15,17-18,20,22-23H,2-4,6,10-13,16H2,1H3/b7-5-,9-8+/t17-,18-,20+/m0/s1. The average Bonchev–Trinajstić information content (AvgIpc) is 2.95. The van der Waals surface area contributed by atoms with Gasteiger partial charge in [-0.05, 0) is 38.2 Å². The van der Waals surface area contributed by atoms with Gasteiger partial charge in [-0.25, -0.2) is 0 Å². The Hall–Kier alpha value is -1.52. The van der Waals surface area contributed by atoms with Crippen LogP contribution in [0.3, 0.4) is 0 Å². The normalized spacial score (nSPS) is 21.6. The highest BCUT2D eigenvalue weighted by molar-refractivity contribution is 5.95. The van der Waals surface area contributed by atoms with Gasteiger partial charge in [0.1, 0.15) is 6.61 Å². The molecule has 0 fully saturated rings. The number of ketones is 2. The molecule has 25 heavy (non-hydrogen) atoms. The van der Waals surface area contributed by atoms with Crippen LogP contribution in [0.5, 0.6) is 0 Å². The lowest BCUT2D eigenvalue weighted by molar-refractivity contribution is -0.121. The number of allylic oxidation sites excluding steroid dienone is 5. The first kappa shape index (κ1) is 21.5. The Labute approximate surface area is 151 Å². The number of aliphatic hydroxyl groups excluding tert-OH is 2. The molecule has 0 heterocycles.